The molecule has 0 aliphatic rings. The maximum atomic E-state index is 10.7. The highest BCUT2D eigenvalue weighted by Gasteiger charge is 2.15. The van der Waals surface area contributed by atoms with E-state index in [1.165, 1.54) is 5.56 Å². The smallest absolute Gasteiger partial charge is 0.306 e. The number of carboxylic acids is 1. The van der Waals surface area contributed by atoms with E-state index in [4.69, 9.17) is 5.11 Å². The number of carbonyl (C=O) groups is 1. The van der Waals surface area contributed by atoms with Crippen molar-refractivity contribution in [2.45, 2.75) is 26.7 Å². The largest absolute Gasteiger partial charge is 0.481 e. The summed E-state index contributed by atoms with van der Waals surface area (Å²) in [6.07, 6.45) is 1.70. The van der Waals surface area contributed by atoms with Crippen LogP contribution in [0.25, 0.3) is 0 Å². The lowest BCUT2D eigenvalue weighted by molar-refractivity contribution is -0.141. The summed E-state index contributed by atoms with van der Waals surface area (Å²) in [6.45, 7) is 3.87. The van der Waals surface area contributed by atoms with Gasteiger partial charge in [0.2, 0.25) is 0 Å². The Labute approximate surface area is 90.9 Å². The Kier molecular flexibility index (Phi) is 4.35. The van der Waals surface area contributed by atoms with E-state index < -0.39 is 5.97 Å². The van der Waals surface area contributed by atoms with Gasteiger partial charge in [-0.1, -0.05) is 44.2 Å². The van der Waals surface area contributed by atoms with E-state index in [1.807, 2.05) is 18.2 Å². The summed E-state index contributed by atoms with van der Waals surface area (Å²) in [4.78, 5) is 10.7. The third-order valence-electron chi connectivity index (χ3n) is 2.60. The fraction of sp³-hybridized carbons (Fsp3) is 0.462. The first kappa shape index (κ1) is 11.8. The fourth-order valence-electron chi connectivity index (χ4n) is 1.80. The second kappa shape index (κ2) is 5.54. The molecule has 0 aliphatic heterocycles. The molecule has 2 nitrogen and oxygen atoms in total. The maximum absolute atomic E-state index is 10.7. The van der Waals surface area contributed by atoms with Gasteiger partial charge in [-0.2, -0.15) is 0 Å². The Bertz CT molecular complexity index is 306. The van der Waals surface area contributed by atoms with Gasteiger partial charge in [0.1, 0.15) is 0 Å². The summed E-state index contributed by atoms with van der Waals surface area (Å²) < 4.78 is 0. The molecule has 1 N–H and O–H groups in total. The van der Waals surface area contributed by atoms with Crippen molar-refractivity contribution in [3.63, 3.8) is 0 Å². The van der Waals surface area contributed by atoms with Gasteiger partial charge in [0.05, 0.1) is 5.92 Å². The molecule has 82 valence electrons. The Morgan fingerprint density at radius 2 is 1.87 bits per heavy atom. The Hall–Kier alpha value is -1.31. The molecule has 2 heteroatoms. The molecule has 0 heterocycles. The standard InChI is InChI=1S/C13H18O2/c1-10(8-11(2)13(14)15)9-12-6-4-3-5-7-12/h3-7,10-11H,8-9H2,1-2H3,(H,14,15). The number of hydrogen-bond acceptors (Lipinski definition) is 1. The van der Waals surface area contributed by atoms with Crippen LogP contribution in [0.5, 0.6) is 0 Å². The lowest BCUT2D eigenvalue weighted by Crippen LogP contribution is -2.14. The molecule has 2 atom stereocenters. The van der Waals surface area contributed by atoms with Gasteiger partial charge in [-0.3, -0.25) is 4.79 Å². The van der Waals surface area contributed by atoms with E-state index in [-0.39, 0.29) is 5.92 Å². The molecular weight excluding hydrogens is 188 g/mol. The average Bonchev–Trinajstić information content (AvgIpc) is 2.18. The predicted octanol–water partition coefficient (Wildman–Crippen LogP) is 2.98. The molecule has 1 aromatic carbocycles. The number of carboxylic acid groups (broad SMARTS) is 1. The van der Waals surface area contributed by atoms with Gasteiger partial charge in [-0.05, 0) is 24.3 Å². The van der Waals surface area contributed by atoms with Crippen LogP contribution >= 0.6 is 0 Å². The van der Waals surface area contributed by atoms with Gasteiger partial charge in [-0.25, -0.2) is 0 Å². The van der Waals surface area contributed by atoms with Crippen molar-refractivity contribution in [3.8, 4) is 0 Å². The van der Waals surface area contributed by atoms with Crippen molar-refractivity contribution in [2.24, 2.45) is 11.8 Å². The Morgan fingerprint density at radius 1 is 1.27 bits per heavy atom. The van der Waals surface area contributed by atoms with Crippen molar-refractivity contribution in [3.05, 3.63) is 35.9 Å². The van der Waals surface area contributed by atoms with Gasteiger partial charge < -0.3 is 5.11 Å². The number of hydrogen-bond donors (Lipinski definition) is 1. The molecule has 0 aromatic heterocycles. The van der Waals surface area contributed by atoms with Crippen LogP contribution < -0.4 is 0 Å². The van der Waals surface area contributed by atoms with Crippen molar-refractivity contribution in [1.82, 2.24) is 0 Å². The number of benzene rings is 1. The van der Waals surface area contributed by atoms with E-state index in [1.54, 1.807) is 6.92 Å². The zero-order valence-corrected chi connectivity index (χ0v) is 9.31. The quantitative estimate of drug-likeness (QED) is 0.804. The summed E-state index contributed by atoms with van der Waals surface area (Å²) in [7, 11) is 0. The highest BCUT2D eigenvalue weighted by molar-refractivity contribution is 5.69. The molecule has 1 aromatic rings. The monoisotopic (exact) mass is 206 g/mol. The molecule has 1 rings (SSSR count). The fourth-order valence-corrected chi connectivity index (χ4v) is 1.80. The van der Waals surface area contributed by atoms with Crippen molar-refractivity contribution < 1.29 is 9.90 Å². The third kappa shape index (κ3) is 4.15. The SMILES string of the molecule is CC(Cc1ccccc1)CC(C)C(=O)O. The van der Waals surface area contributed by atoms with E-state index in [9.17, 15) is 4.79 Å². The van der Waals surface area contributed by atoms with Crippen molar-refractivity contribution in [2.75, 3.05) is 0 Å². The second-order valence-corrected chi connectivity index (χ2v) is 4.27. The average molecular weight is 206 g/mol. The minimum atomic E-state index is -0.699. The zero-order chi connectivity index (χ0) is 11.3. The summed E-state index contributed by atoms with van der Waals surface area (Å²) >= 11 is 0. The molecule has 0 saturated carbocycles. The second-order valence-electron chi connectivity index (χ2n) is 4.27. The van der Waals surface area contributed by atoms with Gasteiger partial charge in [0, 0.05) is 0 Å². The minimum Gasteiger partial charge on any atom is -0.481 e. The molecule has 0 saturated heterocycles. The normalized spacial score (nSPS) is 14.5. The molecule has 0 fully saturated rings. The van der Waals surface area contributed by atoms with Crippen molar-refractivity contribution >= 4 is 5.97 Å². The van der Waals surface area contributed by atoms with Gasteiger partial charge in [0.15, 0.2) is 0 Å². The van der Waals surface area contributed by atoms with Crippen LogP contribution in [-0.2, 0) is 11.2 Å². The lowest BCUT2D eigenvalue weighted by Gasteiger charge is -2.13. The molecule has 0 radical (unpaired) electrons. The number of rotatable bonds is 5. The highest BCUT2D eigenvalue weighted by atomic mass is 16.4. The van der Waals surface area contributed by atoms with Crippen molar-refractivity contribution in [1.29, 1.82) is 0 Å². The summed E-state index contributed by atoms with van der Waals surface area (Å²) in [6, 6.07) is 10.2. The van der Waals surface area contributed by atoms with Crippen LogP contribution in [0.4, 0.5) is 0 Å². The first-order chi connectivity index (χ1) is 7.09. The first-order valence-electron chi connectivity index (χ1n) is 5.36. The molecule has 2 unspecified atom stereocenters. The van der Waals surface area contributed by atoms with E-state index in [0.29, 0.717) is 5.92 Å². The van der Waals surface area contributed by atoms with E-state index in [0.717, 1.165) is 12.8 Å². The molecule has 15 heavy (non-hydrogen) atoms. The molecule has 0 spiro atoms. The Balaban J connectivity index is 2.43. The van der Waals surface area contributed by atoms with E-state index >= 15 is 0 Å². The van der Waals surface area contributed by atoms with Crippen LogP contribution in [0.1, 0.15) is 25.8 Å². The van der Waals surface area contributed by atoms with Crippen LogP contribution in [-0.4, -0.2) is 11.1 Å². The maximum Gasteiger partial charge on any atom is 0.306 e. The zero-order valence-electron chi connectivity index (χ0n) is 9.31. The van der Waals surface area contributed by atoms with Crippen LogP contribution in [0.15, 0.2) is 30.3 Å². The van der Waals surface area contributed by atoms with Crippen LogP contribution in [0.2, 0.25) is 0 Å². The third-order valence-corrected chi connectivity index (χ3v) is 2.60. The predicted molar refractivity (Wildman–Crippen MR) is 60.7 cm³/mol. The molecule has 0 bridgehead atoms. The topological polar surface area (TPSA) is 37.3 Å². The van der Waals surface area contributed by atoms with Crippen LogP contribution in [0, 0.1) is 11.8 Å². The van der Waals surface area contributed by atoms with Gasteiger partial charge in [0.25, 0.3) is 0 Å². The van der Waals surface area contributed by atoms with E-state index in [2.05, 4.69) is 19.1 Å². The van der Waals surface area contributed by atoms with Gasteiger partial charge >= 0.3 is 5.97 Å². The summed E-state index contributed by atoms with van der Waals surface area (Å²) in [5, 5.41) is 8.80. The first-order valence-corrected chi connectivity index (χ1v) is 5.36. The summed E-state index contributed by atoms with van der Waals surface area (Å²) in [5.41, 5.74) is 1.28. The molecular formula is C13H18O2. The lowest BCUT2D eigenvalue weighted by atomic mass is 9.92. The summed E-state index contributed by atoms with van der Waals surface area (Å²) in [5.74, 6) is -0.530. The highest BCUT2D eigenvalue weighted by Crippen LogP contribution is 2.16. The van der Waals surface area contributed by atoms with Crippen LogP contribution in [0.3, 0.4) is 0 Å². The molecule has 0 amide bonds. The molecule has 0 aliphatic carbocycles. The minimum absolute atomic E-state index is 0.247. The Morgan fingerprint density at radius 3 is 2.40 bits per heavy atom. The number of aliphatic carboxylic acids is 1. The van der Waals surface area contributed by atoms with Gasteiger partial charge in [-0.15, -0.1) is 0 Å².